The number of hydrogen-bond acceptors (Lipinski definition) is 5. The van der Waals surface area contributed by atoms with Gasteiger partial charge in [0.05, 0.1) is 18.6 Å². The number of methoxy groups -OCH3 is 1. The summed E-state index contributed by atoms with van der Waals surface area (Å²) >= 11 is 0. The molecule has 1 aliphatic heterocycles. The number of benzene rings is 2. The van der Waals surface area contributed by atoms with Crippen LogP contribution in [0.15, 0.2) is 42.5 Å². The number of aryl methyl sites for hydroxylation is 1. The van der Waals surface area contributed by atoms with Gasteiger partial charge in [0.15, 0.2) is 0 Å². The third-order valence-electron chi connectivity index (χ3n) is 8.59. The zero-order chi connectivity index (χ0) is 28.0. The molecule has 1 aliphatic carbocycles. The van der Waals surface area contributed by atoms with Crippen LogP contribution in [0.25, 0.3) is 11.1 Å². The van der Waals surface area contributed by atoms with Crippen LogP contribution < -0.4 is 11.1 Å². The van der Waals surface area contributed by atoms with Crippen molar-refractivity contribution in [3.05, 3.63) is 59.4 Å². The van der Waals surface area contributed by atoms with Crippen molar-refractivity contribution in [3.8, 4) is 11.1 Å². The molecule has 4 unspecified atom stereocenters. The third kappa shape index (κ3) is 6.44. The average molecular weight is 540 g/mol. The SMILES string of the molecule is CCc1cccc(-c2c(F)cccc2C(O)(CCCNC(=O)OC)C2CCCN(C(=O)C3CCCC3N)C2)c1. The first kappa shape index (κ1) is 29.0. The molecule has 7 nitrogen and oxygen atoms in total. The number of aliphatic hydroxyl groups is 1. The summed E-state index contributed by atoms with van der Waals surface area (Å²) in [6.45, 7) is 3.37. The minimum atomic E-state index is -1.42. The fourth-order valence-electron chi connectivity index (χ4n) is 6.40. The second kappa shape index (κ2) is 12.9. The molecular weight excluding hydrogens is 497 g/mol. The van der Waals surface area contributed by atoms with Crippen LogP contribution in [-0.2, 0) is 21.6 Å². The zero-order valence-electron chi connectivity index (χ0n) is 23.1. The molecule has 2 amide bonds. The normalized spacial score (nSPS) is 22.8. The van der Waals surface area contributed by atoms with Gasteiger partial charge in [-0.2, -0.15) is 0 Å². The number of piperidine rings is 1. The van der Waals surface area contributed by atoms with Crippen molar-refractivity contribution in [3.63, 3.8) is 0 Å². The highest BCUT2D eigenvalue weighted by Gasteiger charge is 2.44. The van der Waals surface area contributed by atoms with Gasteiger partial charge in [-0.3, -0.25) is 4.79 Å². The summed E-state index contributed by atoms with van der Waals surface area (Å²) in [4.78, 5) is 26.9. The molecule has 0 spiro atoms. The number of likely N-dealkylation sites (tertiary alicyclic amines) is 1. The fraction of sp³-hybridized carbons (Fsp3) is 0.548. The van der Waals surface area contributed by atoms with Crippen LogP contribution in [0.4, 0.5) is 9.18 Å². The average Bonchev–Trinajstić information content (AvgIpc) is 3.40. The van der Waals surface area contributed by atoms with Crippen LogP contribution in [-0.4, -0.2) is 54.8 Å². The molecule has 1 heterocycles. The van der Waals surface area contributed by atoms with E-state index in [-0.39, 0.29) is 30.2 Å². The first-order valence-corrected chi connectivity index (χ1v) is 14.2. The molecule has 0 radical (unpaired) electrons. The highest BCUT2D eigenvalue weighted by atomic mass is 19.1. The highest BCUT2D eigenvalue weighted by Crippen LogP contribution is 2.44. The maximum atomic E-state index is 15.6. The molecule has 4 N–H and O–H groups in total. The quantitative estimate of drug-likeness (QED) is 0.399. The number of hydrogen-bond donors (Lipinski definition) is 3. The lowest BCUT2D eigenvalue weighted by molar-refractivity contribution is -0.141. The first-order chi connectivity index (χ1) is 18.8. The van der Waals surface area contributed by atoms with Crippen molar-refractivity contribution in [2.45, 2.75) is 69.9 Å². The topological polar surface area (TPSA) is 105 Å². The Morgan fingerprint density at radius 2 is 1.97 bits per heavy atom. The molecule has 2 aromatic rings. The second-order valence-electron chi connectivity index (χ2n) is 11.0. The van der Waals surface area contributed by atoms with Gasteiger partial charge in [0.25, 0.3) is 0 Å². The summed E-state index contributed by atoms with van der Waals surface area (Å²) in [7, 11) is 1.30. The first-order valence-electron chi connectivity index (χ1n) is 14.2. The van der Waals surface area contributed by atoms with E-state index in [1.54, 1.807) is 12.1 Å². The maximum Gasteiger partial charge on any atom is 0.406 e. The number of nitrogens with two attached hydrogens (primary N) is 1. The molecule has 4 rings (SSSR count). The van der Waals surface area contributed by atoms with Crippen LogP contribution in [0.3, 0.4) is 0 Å². The van der Waals surface area contributed by atoms with Crippen LogP contribution >= 0.6 is 0 Å². The Hall–Kier alpha value is -2.97. The minimum Gasteiger partial charge on any atom is -0.453 e. The van der Waals surface area contributed by atoms with E-state index >= 15 is 4.39 Å². The number of ether oxygens (including phenoxy) is 1. The van der Waals surface area contributed by atoms with Crippen LogP contribution in [0, 0.1) is 17.7 Å². The van der Waals surface area contributed by atoms with Gasteiger partial charge >= 0.3 is 6.09 Å². The van der Waals surface area contributed by atoms with E-state index in [0.717, 1.165) is 37.7 Å². The third-order valence-corrected chi connectivity index (χ3v) is 8.59. The van der Waals surface area contributed by atoms with Crippen LogP contribution in [0.5, 0.6) is 0 Å². The van der Waals surface area contributed by atoms with Crippen LogP contribution in [0.2, 0.25) is 0 Å². The van der Waals surface area contributed by atoms with Gasteiger partial charge < -0.3 is 25.8 Å². The molecule has 212 valence electrons. The molecule has 2 fully saturated rings. The standard InChI is InChI=1S/C31H42FN3O4/c1-3-21-9-4-10-22(19-21)28-25(13-6-14-26(28)32)31(38,16-8-17-34-30(37)39-2)23-11-7-18-35(20-23)29(36)24-12-5-15-27(24)33/h4,6,9-10,13-14,19,23-24,27,38H,3,5,7-8,11-12,15-18,20,33H2,1-2H3,(H,34,37). The predicted octanol–water partition coefficient (Wildman–Crippen LogP) is 4.74. The van der Waals surface area contributed by atoms with Crippen molar-refractivity contribution in [1.82, 2.24) is 10.2 Å². The van der Waals surface area contributed by atoms with Crippen molar-refractivity contribution in [2.24, 2.45) is 17.6 Å². The minimum absolute atomic E-state index is 0.0644. The fourth-order valence-corrected chi connectivity index (χ4v) is 6.40. The number of rotatable bonds is 9. The summed E-state index contributed by atoms with van der Waals surface area (Å²) in [6.07, 6.45) is 5.07. The number of nitrogens with zero attached hydrogens (tertiary/aromatic N) is 1. The van der Waals surface area contributed by atoms with Gasteiger partial charge in [0.1, 0.15) is 5.82 Å². The molecule has 4 atom stereocenters. The number of alkyl carbamates (subject to hydrolysis) is 1. The van der Waals surface area contributed by atoms with E-state index in [1.807, 2.05) is 29.2 Å². The lowest BCUT2D eigenvalue weighted by Crippen LogP contribution is -2.51. The number of halogens is 1. The molecule has 0 bridgehead atoms. The molecular formula is C31H42FN3O4. The van der Waals surface area contributed by atoms with Crippen molar-refractivity contribution < 1.29 is 23.8 Å². The Kier molecular flexibility index (Phi) is 9.62. The number of amides is 2. The molecule has 2 aromatic carbocycles. The summed E-state index contributed by atoms with van der Waals surface area (Å²) < 4.78 is 20.3. The summed E-state index contributed by atoms with van der Waals surface area (Å²) in [5.74, 6) is -0.814. The Morgan fingerprint density at radius 3 is 2.69 bits per heavy atom. The van der Waals surface area contributed by atoms with Gasteiger partial charge in [-0.05, 0) is 67.7 Å². The number of carbonyl (C=O) groups excluding carboxylic acids is 2. The van der Waals surface area contributed by atoms with Crippen LogP contribution in [0.1, 0.15) is 63.0 Å². The lowest BCUT2D eigenvalue weighted by Gasteiger charge is -2.44. The van der Waals surface area contributed by atoms with E-state index in [1.165, 1.54) is 13.2 Å². The van der Waals surface area contributed by atoms with Gasteiger partial charge in [-0.15, -0.1) is 0 Å². The lowest BCUT2D eigenvalue weighted by atomic mass is 9.72. The number of carbonyl (C=O) groups is 2. The van der Waals surface area contributed by atoms with E-state index in [2.05, 4.69) is 17.0 Å². The molecule has 2 aliphatic rings. The summed E-state index contributed by atoms with van der Waals surface area (Å²) in [6, 6.07) is 12.5. The van der Waals surface area contributed by atoms with Gasteiger partial charge in [-0.25, -0.2) is 9.18 Å². The van der Waals surface area contributed by atoms with Crippen molar-refractivity contribution in [1.29, 1.82) is 0 Å². The molecule has 1 saturated heterocycles. The smallest absolute Gasteiger partial charge is 0.406 e. The van der Waals surface area contributed by atoms with Gasteiger partial charge in [0.2, 0.25) is 5.91 Å². The Morgan fingerprint density at radius 1 is 1.18 bits per heavy atom. The Balaban J connectivity index is 1.70. The van der Waals surface area contributed by atoms with Gasteiger partial charge in [-0.1, -0.05) is 49.7 Å². The largest absolute Gasteiger partial charge is 0.453 e. The maximum absolute atomic E-state index is 15.6. The summed E-state index contributed by atoms with van der Waals surface area (Å²) in [5.41, 5.74) is 7.53. The second-order valence-corrected chi connectivity index (χ2v) is 11.0. The molecule has 0 aromatic heterocycles. The summed E-state index contributed by atoms with van der Waals surface area (Å²) in [5, 5.41) is 15.2. The zero-order valence-corrected chi connectivity index (χ0v) is 23.1. The van der Waals surface area contributed by atoms with E-state index in [4.69, 9.17) is 5.73 Å². The van der Waals surface area contributed by atoms with E-state index in [9.17, 15) is 14.7 Å². The predicted molar refractivity (Wildman–Crippen MR) is 149 cm³/mol. The Bertz CT molecular complexity index is 1160. The van der Waals surface area contributed by atoms with Crippen molar-refractivity contribution >= 4 is 12.0 Å². The Labute approximate surface area is 230 Å². The van der Waals surface area contributed by atoms with E-state index in [0.29, 0.717) is 49.2 Å². The van der Waals surface area contributed by atoms with Crippen molar-refractivity contribution in [2.75, 3.05) is 26.7 Å². The molecule has 8 heteroatoms. The highest BCUT2D eigenvalue weighted by molar-refractivity contribution is 5.80. The van der Waals surface area contributed by atoms with Gasteiger partial charge in [0, 0.05) is 37.2 Å². The van der Waals surface area contributed by atoms with E-state index < -0.39 is 17.5 Å². The molecule has 39 heavy (non-hydrogen) atoms. The number of nitrogens with one attached hydrogen (secondary N) is 1. The molecule has 1 saturated carbocycles. The monoisotopic (exact) mass is 539 g/mol.